The van der Waals surface area contributed by atoms with Crippen LogP contribution in [0.5, 0.6) is 0 Å². The van der Waals surface area contributed by atoms with Crippen LogP contribution in [0.25, 0.3) is 5.57 Å². The first kappa shape index (κ1) is 15.4. The third-order valence-corrected chi connectivity index (χ3v) is 2.97. The Labute approximate surface area is 114 Å². The second-order valence-electron chi connectivity index (χ2n) is 4.82. The molecule has 0 unspecified atom stereocenters. The van der Waals surface area contributed by atoms with Crippen molar-refractivity contribution in [3.8, 4) is 0 Å². The molecule has 1 aromatic carbocycles. The quantitative estimate of drug-likeness (QED) is 0.606. The lowest BCUT2D eigenvalue weighted by Crippen LogP contribution is -2.07. The smallest absolute Gasteiger partial charge is 0.338 e. The molecule has 0 saturated carbocycles. The minimum atomic E-state index is -0.320. The van der Waals surface area contributed by atoms with Gasteiger partial charge in [0.05, 0.1) is 12.2 Å². The van der Waals surface area contributed by atoms with E-state index in [9.17, 15) is 4.79 Å². The van der Waals surface area contributed by atoms with Crippen LogP contribution in [0.1, 0.15) is 42.6 Å². The molecule has 0 aromatic heterocycles. The summed E-state index contributed by atoms with van der Waals surface area (Å²) in [6, 6.07) is 7.31. The number of carbonyl (C=O) groups excluding carboxylic acids is 1. The first-order chi connectivity index (χ1) is 9.06. The zero-order chi connectivity index (χ0) is 14.3. The summed E-state index contributed by atoms with van der Waals surface area (Å²) in [4.78, 5) is 11.7. The van der Waals surface area contributed by atoms with Crippen LogP contribution in [0.15, 0.2) is 30.8 Å². The number of unbranched alkanes of at least 4 members (excludes halogenated alkanes) is 1. The third kappa shape index (κ3) is 4.87. The van der Waals surface area contributed by atoms with Gasteiger partial charge in [-0.1, -0.05) is 32.6 Å². The van der Waals surface area contributed by atoms with Crippen molar-refractivity contribution in [1.82, 2.24) is 0 Å². The lowest BCUT2D eigenvalue weighted by Gasteiger charge is -2.10. The molecule has 0 amide bonds. The largest absolute Gasteiger partial charge is 0.462 e. The van der Waals surface area contributed by atoms with Crippen molar-refractivity contribution in [3.63, 3.8) is 0 Å². The number of allylic oxidation sites excluding steroid dienone is 1. The predicted molar refractivity (Wildman–Crippen MR) is 76.9 cm³/mol. The van der Waals surface area contributed by atoms with Crippen molar-refractivity contribution in [1.29, 1.82) is 0 Å². The molecule has 1 N–H and O–H groups in total. The van der Waals surface area contributed by atoms with Crippen LogP contribution in [-0.2, 0) is 4.74 Å². The van der Waals surface area contributed by atoms with Gasteiger partial charge in [0.1, 0.15) is 0 Å². The van der Waals surface area contributed by atoms with Crippen LogP contribution in [0, 0.1) is 5.92 Å². The van der Waals surface area contributed by atoms with Crippen LogP contribution in [0.2, 0.25) is 0 Å². The van der Waals surface area contributed by atoms with E-state index in [1.807, 2.05) is 12.1 Å². The van der Waals surface area contributed by atoms with Crippen LogP contribution in [0.3, 0.4) is 0 Å². The van der Waals surface area contributed by atoms with Gasteiger partial charge in [0.25, 0.3) is 0 Å². The SMILES string of the molecule is C=C(c1ccc(C(=O)OCCCCO)cc1)C(C)C. The molecule has 1 aromatic rings. The number of aliphatic hydroxyl groups is 1. The third-order valence-electron chi connectivity index (χ3n) is 2.97. The fourth-order valence-electron chi connectivity index (χ4n) is 1.62. The summed E-state index contributed by atoms with van der Waals surface area (Å²) in [6.07, 6.45) is 1.34. The first-order valence-corrected chi connectivity index (χ1v) is 6.63. The van der Waals surface area contributed by atoms with Crippen molar-refractivity contribution in [3.05, 3.63) is 42.0 Å². The molecule has 0 radical (unpaired) electrons. The lowest BCUT2D eigenvalue weighted by atomic mass is 9.96. The topological polar surface area (TPSA) is 46.5 Å². The van der Waals surface area contributed by atoms with E-state index in [1.54, 1.807) is 12.1 Å². The molecule has 0 spiro atoms. The average Bonchev–Trinajstić information content (AvgIpc) is 2.42. The molecule has 3 nitrogen and oxygen atoms in total. The molecule has 0 aliphatic rings. The molecule has 0 heterocycles. The van der Waals surface area contributed by atoms with E-state index in [0.29, 0.717) is 30.9 Å². The van der Waals surface area contributed by atoms with E-state index in [4.69, 9.17) is 9.84 Å². The van der Waals surface area contributed by atoms with Crippen molar-refractivity contribution >= 4 is 11.5 Å². The van der Waals surface area contributed by atoms with Crippen LogP contribution in [-0.4, -0.2) is 24.3 Å². The molecule has 0 atom stereocenters. The van der Waals surface area contributed by atoms with Gasteiger partial charge in [0, 0.05) is 6.61 Å². The Bertz CT molecular complexity index is 418. The minimum absolute atomic E-state index is 0.129. The second-order valence-corrected chi connectivity index (χ2v) is 4.82. The summed E-state index contributed by atoms with van der Waals surface area (Å²) in [5, 5.41) is 8.63. The van der Waals surface area contributed by atoms with Crippen LogP contribution >= 0.6 is 0 Å². The lowest BCUT2D eigenvalue weighted by molar-refractivity contribution is 0.0492. The van der Waals surface area contributed by atoms with Crippen LogP contribution < -0.4 is 0 Å². The van der Waals surface area contributed by atoms with Gasteiger partial charge in [-0.05, 0) is 42.0 Å². The Kier molecular flexibility index (Phi) is 6.30. The van der Waals surface area contributed by atoms with E-state index in [0.717, 1.165) is 11.1 Å². The zero-order valence-electron chi connectivity index (χ0n) is 11.7. The number of rotatable bonds is 7. The fraction of sp³-hybridized carbons (Fsp3) is 0.438. The molecular formula is C16H22O3. The monoisotopic (exact) mass is 262 g/mol. The Morgan fingerprint density at radius 3 is 2.32 bits per heavy atom. The molecule has 0 bridgehead atoms. The molecule has 3 heteroatoms. The second kappa shape index (κ2) is 7.74. The van der Waals surface area contributed by atoms with Crippen LogP contribution in [0.4, 0.5) is 0 Å². The number of hydrogen-bond acceptors (Lipinski definition) is 3. The van der Waals surface area contributed by atoms with Gasteiger partial charge in [0.15, 0.2) is 0 Å². The highest BCUT2D eigenvalue weighted by Crippen LogP contribution is 2.21. The summed E-state index contributed by atoms with van der Waals surface area (Å²) in [5.74, 6) is 0.0657. The maximum absolute atomic E-state index is 11.7. The van der Waals surface area contributed by atoms with E-state index in [1.165, 1.54) is 0 Å². The fourth-order valence-corrected chi connectivity index (χ4v) is 1.62. The van der Waals surface area contributed by atoms with E-state index < -0.39 is 0 Å². The summed E-state index contributed by atoms with van der Waals surface area (Å²) in [5.41, 5.74) is 2.65. The molecule has 0 fully saturated rings. The van der Waals surface area contributed by atoms with Gasteiger partial charge >= 0.3 is 5.97 Å². The van der Waals surface area contributed by atoms with Gasteiger partial charge < -0.3 is 9.84 Å². The maximum atomic E-state index is 11.7. The van der Waals surface area contributed by atoms with Crippen molar-refractivity contribution < 1.29 is 14.6 Å². The summed E-state index contributed by atoms with van der Waals surface area (Å²) >= 11 is 0. The van der Waals surface area contributed by atoms with Crippen molar-refractivity contribution in [2.75, 3.05) is 13.2 Å². The van der Waals surface area contributed by atoms with Gasteiger partial charge in [-0.2, -0.15) is 0 Å². The molecule has 1 rings (SSSR count). The van der Waals surface area contributed by atoms with Crippen molar-refractivity contribution in [2.45, 2.75) is 26.7 Å². The Balaban J connectivity index is 2.56. The molecule has 0 aliphatic heterocycles. The van der Waals surface area contributed by atoms with E-state index in [-0.39, 0.29) is 12.6 Å². The molecule has 19 heavy (non-hydrogen) atoms. The average molecular weight is 262 g/mol. The number of hydrogen-bond donors (Lipinski definition) is 1. The number of benzene rings is 1. The summed E-state index contributed by atoms with van der Waals surface area (Å²) in [7, 11) is 0. The number of carbonyl (C=O) groups is 1. The Hall–Kier alpha value is -1.61. The minimum Gasteiger partial charge on any atom is -0.462 e. The van der Waals surface area contributed by atoms with E-state index >= 15 is 0 Å². The number of esters is 1. The zero-order valence-corrected chi connectivity index (χ0v) is 11.7. The highest BCUT2D eigenvalue weighted by atomic mass is 16.5. The first-order valence-electron chi connectivity index (χ1n) is 6.63. The van der Waals surface area contributed by atoms with Crippen molar-refractivity contribution in [2.24, 2.45) is 5.92 Å². The summed E-state index contributed by atoms with van der Waals surface area (Å²) < 4.78 is 5.11. The Morgan fingerprint density at radius 2 is 1.79 bits per heavy atom. The molecule has 0 saturated heterocycles. The van der Waals surface area contributed by atoms with Gasteiger partial charge in [0.2, 0.25) is 0 Å². The highest BCUT2D eigenvalue weighted by Gasteiger charge is 2.08. The summed E-state index contributed by atoms with van der Waals surface area (Å²) in [6.45, 7) is 8.68. The Morgan fingerprint density at radius 1 is 1.21 bits per heavy atom. The molecular weight excluding hydrogens is 240 g/mol. The number of ether oxygens (including phenoxy) is 1. The normalized spacial score (nSPS) is 10.5. The van der Waals surface area contributed by atoms with E-state index in [2.05, 4.69) is 20.4 Å². The molecule has 104 valence electrons. The predicted octanol–water partition coefficient (Wildman–Crippen LogP) is 3.29. The standard InChI is InChI=1S/C16H22O3/c1-12(2)13(3)14-6-8-15(9-7-14)16(18)19-11-5-4-10-17/h6-9,12,17H,3-5,10-11H2,1-2H3. The maximum Gasteiger partial charge on any atom is 0.338 e. The van der Waals surface area contributed by atoms with Gasteiger partial charge in [-0.25, -0.2) is 4.79 Å². The van der Waals surface area contributed by atoms with Gasteiger partial charge in [-0.15, -0.1) is 0 Å². The van der Waals surface area contributed by atoms with Gasteiger partial charge in [-0.3, -0.25) is 0 Å². The highest BCUT2D eigenvalue weighted by molar-refractivity contribution is 5.89. The molecule has 0 aliphatic carbocycles. The number of aliphatic hydroxyl groups excluding tert-OH is 1.